The Bertz CT molecular complexity index is 1010. The van der Waals surface area contributed by atoms with Gasteiger partial charge in [0.25, 0.3) is 0 Å². The molecular weight excluding hydrogens is 671 g/mol. The Balaban J connectivity index is 0.000000353. The molecule has 0 spiro atoms. The summed E-state index contributed by atoms with van der Waals surface area (Å²) in [6.07, 6.45) is -1.03. The fourth-order valence-corrected chi connectivity index (χ4v) is 7.14. The molecule has 3 fully saturated rings. The Labute approximate surface area is 292 Å². The van der Waals surface area contributed by atoms with Crippen molar-refractivity contribution in [2.24, 2.45) is 11.5 Å². The quantitative estimate of drug-likeness (QED) is 0.358. The number of carboxylic acids is 1. The Kier molecular flexibility index (Phi) is 17.4. The van der Waals surface area contributed by atoms with Crippen LogP contribution in [0.25, 0.3) is 0 Å². The molecule has 0 aromatic rings. The minimum atomic E-state index is -0.877. The molecule has 5 N–H and O–H groups in total. The minimum absolute atomic E-state index is 0.217. The number of ether oxygens (including phenoxy) is 3. The number of primary amides is 1. The van der Waals surface area contributed by atoms with Gasteiger partial charge in [-0.3, -0.25) is 9.59 Å². The van der Waals surface area contributed by atoms with Crippen molar-refractivity contribution in [3.05, 3.63) is 0 Å². The van der Waals surface area contributed by atoms with Gasteiger partial charge in [0.05, 0.1) is 0 Å². The molecule has 0 aromatic carbocycles. The molecule has 0 bridgehead atoms. The Morgan fingerprint density at radius 2 is 0.979 bits per heavy atom. The van der Waals surface area contributed by atoms with Gasteiger partial charge in [-0.05, 0) is 62.3 Å². The van der Waals surface area contributed by atoms with Crippen LogP contribution in [-0.4, -0.2) is 146 Å². The van der Waals surface area contributed by atoms with Crippen molar-refractivity contribution >= 4 is 65.4 Å². The minimum Gasteiger partial charge on any atom is -0.480 e. The van der Waals surface area contributed by atoms with E-state index in [1.165, 1.54) is 33.3 Å². The van der Waals surface area contributed by atoms with Crippen molar-refractivity contribution in [3.63, 3.8) is 0 Å². The summed E-state index contributed by atoms with van der Waals surface area (Å²) in [4.78, 5) is 61.7. The highest BCUT2D eigenvalue weighted by molar-refractivity contribution is 8.01. The van der Waals surface area contributed by atoms with Gasteiger partial charge in [-0.15, -0.1) is 23.5 Å². The lowest BCUT2D eigenvalue weighted by molar-refractivity contribution is -0.136. The number of carbonyl (C=O) groups is 5. The molecular formula is C30H55N5O9S3. The number of rotatable bonds is 3. The van der Waals surface area contributed by atoms with Crippen LogP contribution in [0.5, 0.6) is 0 Å². The molecule has 0 radical (unpaired) electrons. The molecule has 3 aliphatic heterocycles. The van der Waals surface area contributed by atoms with Gasteiger partial charge in [0.1, 0.15) is 27.3 Å². The molecule has 3 rings (SSSR count). The van der Waals surface area contributed by atoms with Crippen molar-refractivity contribution in [2.45, 2.75) is 94.9 Å². The van der Waals surface area contributed by atoms with Crippen LogP contribution in [-0.2, 0) is 23.8 Å². The lowest BCUT2D eigenvalue weighted by Crippen LogP contribution is -2.48. The van der Waals surface area contributed by atoms with E-state index in [9.17, 15) is 24.0 Å². The highest BCUT2D eigenvalue weighted by atomic mass is 32.2. The number of nitrogens with zero attached hydrogens (tertiary/aromatic N) is 3. The molecule has 47 heavy (non-hydrogen) atoms. The van der Waals surface area contributed by atoms with E-state index >= 15 is 0 Å². The normalized spacial score (nSPS) is 22.0. The first kappa shape index (κ1) is 42.8. The van der Waals surface area contributed by atoms with E-state index in [2.05, 4.69) is 0 Å². The molecule has 0 saturated carbocycles. The molecule has 3 atom stereocenters. The highest BCUT2D eigenvalue weighted by Crippen LogP contribution is 2.22. The number of hydrogen-bond donors (Lipinski definition) is 3. The summed E-state index contributed by atoms with van der Waals surface area (Å²) in [5.74, 6) is 1.04. The van der Waals surface area contributed by atoms with Crippen LogP contribution in [0.2, 0.25) is 0 Å². The maximum Gasteiger partial charge on any atom is 0.410 e. The van der Waals surface area contributed by atoms with E-state index in [1.807, 2.05) is 53.3 Å². The van der Waals surface area contributed by atoms with Gasteiger partial charge in [0, 0.05) is 68.3 Å². The maximum atomic E-state index is 11.7. The lowest BCUT2D eigenvalue weighted by Gasteiger charge is -2.33. The van der Waals surface area contributed by atoms with Gasteiger partial charge < -0.3 is 45.5 Å². The predicted molar refractivity (Wildman–Crippen MR) is 188 cm³/mol. The Hall–Kier alpha value is -2.24. The zero-order valence-corrected chi connectivity index (χ0v) is 31.7. The van der Waals surface area contributed by atoms with E-state index in [0.29, 0.717) is 49.5 Å². The SMILES string of the molecule is CC(C)(C)OC(=O)N1CCSC(C(=O)O)C1.CC(C)(C)OC(=O)N1CCSC(C(N)=O)C1.CC(C)(C)OC(=O)N1CCSC(CN)C1. The number of aliphatic carboxylic acids is 1. The molecule has 0 aliphatic carbocycles. The van der Waals surface area contributed by atoms with Gasteiger partial charge >= 0.3 is 24.2 Å². The summed E-state index contributed by atoms with van der Waals surface area (Å²) < 4.78 is 15.7. The molecule has 272 valence electrons. The van der Waals surface area contributed by atoms with Crippen molar-refractivity contribution in [3.8, 4) is 0 Å². The van der Waals surface area contributed by atoms with Crippen LogP contribution < -0.4 is 11.5 Å². The van der Waals surface area contributed by atoms with Crippen molar-refractivity contribution in [1.82, 2.24) is 14.7 Å². The summed E-state index contributed by atoms with van der Waals surface area (Å²) in [7, 11) is 0. The topological polar surface area (TPSA) is 195 Å². The molecule has 14 nitrogen and oxygen atoms in total. The third kappa shape index (κ3) is 18.2. The summed E-state index contributed by atoms with van der Waals surface area (Å²) in [6, 6.07) is 0. The average molecular weight is 726 g/mol. The highest BCUT2D eigenvalue weighted by Gasteiger charge is 2.32. The first-order chi connectivity index (χ1) is 21.5. The monoisotopic (exact) mass is 725 g/mol. The van der Waals surface area contributed by atoms with Gasteiger partial charge in [0.2, 0.25) is 5.91 Å². The summed E-state index contributed by atoms with van der Waals surface area (Å²) >= 11 is 4.68. The number of nitrogens with two attached hydrogens (primary N) is 2. The molecule has 0 aromatic heterocycles. The molecule has 3 saturated heterocycles. The third-order valence-corrected chi connectivity index (χ3v) is 9.69. The second-order valence-electron chi connectivity index (χ2n) is 14.0. The number of carboxylic acid groups (broad SMARTS) is 1. The summed E-state index contributed by atoms with van der Waals surface area (Å²) in [5, 5.41) is 8.37. The standard InChI is InChI=1S/C10H18N2O3S.C10H20N2O2S.C10H17NO4S/c1-10(2,3)15-9(14)12-4-5-16-7(6-12)8(11)13;1-10(2,3)14-9(13)12-4-5-15-8(6-11)7-12;1-10(2,3)15-9(14)11-4-5-16-7(6-11)8(12)13/h7H,4-6H2,1-3H3,(H2,11,13);8H,4-7,11H2,1-3H3;7H,4-6H2,1-3H3,(H,12,13). The lowest BCUT2D eigenvalue weighted by atomic mass is 10.2. The number of hydrogen-bond acceptors (Lipinski definition) is 12. The molecule has 3 heterocycles. The average Bonchev–Trinajstić information content (AvgIpc) is 2.95. The Morgan fingerprint density at radius 3 is 1.32 bits per heavy atom. The fourth-order valence-electron chi connectivity index (χ4n) is 3.96. The first-order valence-corrected chi connectivity index (χ1v) is 18.7. The molecule has 3 aliphatic rings. The van der Waals surface area contributed by atoms with Gasteiger partial charge in [-0.1, -0.05) is 0 Å². The summed E-state index contributed by atoms with van der Waals surface area (Å²) in [6.45, 7) is 20.2. The van der Waals surface area contributed by atoms with Gasteiger partial charge in [-0.25, -0.2) is 14.4 Å². The predicted octanol–water partition coefficient (Wildman–Crippen LogP) is 3.55. The van der Waals surface area contributed by atoms with E-state index in [0.717, 1.165) is 12.3 Å². The van der Waals surface area contributed by atoms with Crippen LogP contribution in [0, 0.1) is 0 Å². The van der Waals surface area contributed by atoms with E-state index in [4.69, 9.17) is 30.8 Å². The first-order valence-electron chi connectivity index (χ1n) is 15.5. The second kappa shape index (κ2) is 19.1. The van der Waals surface area contributed by atoms with Crippen LogP contribution in [0.3, 0.4) is 0 Å². The number of carbonyl (C=O) groups excluding carboxylic acids is 4. The fraction of sp³-hybridized carbons (Fsp3) is 0.833. The maximum absolute atomic E-state index is 11.7. The summed E-state index contributed by atoms with van der Waals surface area (Å²) in [5.41, 5.74) is 9.34. The largest absolute Gasteiger partial charge is 0.480 e. The van der Waals surface area contributed by atoms with Crippen molar-refractivity contribution < 1.29 is 43.3 Å². The van der Waals surface area contributed by atoms with E-state index in [1.54, 1.807) is 25.7 Å². The van der Waals surface area contributed by atoms with Gasteiger partial charge in [-0.2, -0.15) is 11.8 Å². The van der Waals surface area contributed by atoms with E-state index < -0.39 is 34.1 Å². The van der Waals surface area contributed by atoms with Gasteiger partial charge in [0.15, 0.2) is 0 Å². The smallest absolute Gasteiger partial charge is 0.410 e. The van der Waals surface area contributed by atoms with Crippen LogP contribution in [0.15, 0.2) is 0 Å². The zero-order chi connectivity index (χ0) is 36.2. The van der Waals surface area contributed by atoms with Crippen LogP contribution >= 0.6 is 35.3 Å². The number of thioether (sulfide) groups is 3. The zero-order valence-electron chi connectivity index (χ0n) is 29.2. The molecule has 3 unspecified atom stereocenters. The van der Waals surface area contributed by atoms with Crippen LogP contribution in [0.1, 0.15) is 62.3 Å². The Morgan fingerprint density at radius 1 is 0.638 bits per heavy atom. The van der Waals surface area contributed by atoms with Crippen molar-refractivity contribution in [1.29, 1.82) is 0 Å². The molecule has 17 heteroatoms. The second-order valence-corrected chi connectivity index (χ2v) is 18.0. The van der Waals surface area contributed by atoms with Crippen molar-refractivity contribution in [2.75, 3.05) is 63.1 Å². The van der Waals surface area contributed by atoms with Crippen LogP contribution in [0.4, 0.5) is 14.4 Å². The number of amides is 4. The van der Waals surface area contributed by atoms with E-state index in [-0.39, 0.29) is 29.9 Å². The third-order valence-electron chi connectivity index (χ3n) is 6.08. The molecule has 4 amide bonds.